The number of amides is 2. The molecule has 1 aliphatic heterocycles. The minimum atomic E-state index is -1.56. The van der Waals surface area contributed by atoms with Crippen LogP contribution in [0.4, 0.5) is 10.5 Å². The van der Waals surface area contributed by atoms with Crippen molar-refractivity contribution in [2.45, 2.75) is 52.3 Å². The summed E-state index contributed by atoms with van der Waals surface area (Å²) in [6.45, 7) is 7.89. The van der Waals surface area contributed by atoms with Crippen LogP contribution in [0, 0.1) is 22.0 Å². The molecular formula is C22H25N5O9. The number of Topliss-reactive ketones (excluding diaryl/α,β-unsaturated/α-hetero) is 1. The Morgan fingerprint density at radius 3 is 2.22 bits per heavy atom. The van der Waals surface area contributed by atoms with E-state index < -0.39 is 69.9 Å². The molecule has 1 aliphatic rings. The van der Waals surface area contributed by atoms with E-state index in [0.29, 0.717) is 0 Å². The maximum absolute atomic E-state index is 12.8. The third kappa shape index (κ3) is 6.57. The molecule has 2 amide bonds. The molecule has 1 heterocycles. The van der Waals surface area contributed by atoms with Crippen molar-refractivity contribution >= 4 is 41.1 Å². The molecule has 1 aromatic carbocycles. The second kappa shape index (κ2) is 10.9. The molecule has 36 heavy (non-hydrogen) atoms. The van der Waals surface area contributed by atoms with Crippen molar-refractivity contribution in [3.63, 3.8) is 0 Å². The maximum Gasteiger partial charge on any atom is 0.442 e. The summed E-state index contributed by atoms with van der Waals surface area (Å²) < 4.78 is 9.72. The predicted molar refractivity (Wildman–Crippen MR) is 121 cm³/mol. The highest BCUT2D eigenvalue weighted by Crippen LogP contribution is 2.27. The van der Waals surface area contributed by atoms with Crippen LogP contribution in [0.3, 0.4) is 0 Å². The Bertz CT molecular complexity index is 1150. The summed E-state index contributed by atoms with van der Waals surface area (Å²) in [6.07, 6.45) is -0.765. The predicted octanol–water partition coefficient (Wildman–Crippen LogP) is 1.18. The van der Waals surface area contributed by atoms with E-state index in [1.165, 1.54) is 13.8 Å². The van der Waals surface area contributed by atoms with Gasteiger partial charge < -0.3 is 25.6 Å². The molecule has 0 bridgehead atoms. The number of nitrogens with one attached hydrogen (secondary N) is 2. The average molecular weight is 503 g/mol. The van der Waals surface area contributed by atoms with E-state index in [-0.39, 0.29) is 11.3 Å². The summed E-state index contributed by atoms with van der Waals surface area (Å²) >= 11 is 0. The number of benzene rings is 1. The molecule has 0 spiro atoms. The molecule has 14 nitrogen and oxygen atoms in total. The van der Waals surface area contributed by atoms with E-state index in [1.54, 1.807) is 20.8 Å². The lowest BCUT2D eigenvalue weighted by Gasteiger charge is -2.42. The van der Waals surface area contributed by atoms with E-state index in [9.17, 15) is 39.6 Å². The van der Waals surface area contributed by atoms with Crippen LogP contribution >= 0.6 is 0 Å². The first-order chi connectivity index (χ1) is 16.7. The van der Waals surface area contributed by atoms with Crippen molar-refractivity contribution in [2.24, 2.45) is 11.8 Å². The van der Waals surface area contributed by atoms with Crippen LogP contribution in [0.5, 0.6) is 0 Å². The van der Waals surface area contributed by atoms with Gasteiger partial charge in [0.1, 0.15) is 5.60 Å². The summed E-state index contributed by atoms with van der Waals surface area (Å²) in [5.74, 6) is -6.25. The average Bonchev–Trinajstić information content (AvgIpc) is 2.75. The van der Waals surface area contributed by atoms with Gasteiger partial charge in [-0.2, -0.15) is 4.79 Å². The van der Waals surface area contributed by atoms with Crippen molar-refractivity contribution in [3.05, 3.63) is 45.5 Å². The lowest BCUT2D eigenvalue weighted by molar-refractivity contribution is -0.384. The number of nitro groups is 1. The summed E-state index contributed by atoms with van der Waals surface area (Å²) in [6, 6.07) is 2.52. The van der Waals surface area contributed by atoms with Crippen molar-refractivity contribution in [2.75, 3.05) is 0 Å². The smallest absolute Gasteiger partial charge is 0.442 e. The fraction of sp³-hybridized carbons (Fsp3) is 0.455. The van der Waals surface area contributed by atoms with Crippen LogP contribution in [0.2, 0.25) is 0 Å². The van der Waals surface area contributed by atoms with Crippen LogP contribution in [-0.2, 0) is 23.9 Å². The monoisotopic (exact) mass is 503 g/mol. The van der Waals surface area contributed by atoms with Gasteiger partial charge in [-0.05, 0) is 39.8 Å². The molecule has 2 N–H and O–H groups in total. The number of ether oxygens (including phenoxy) is 2. The zero-order chi connectivity index (χ0) is 27.4. The van der Waals surface area contributed by atoms with Gasteiger partial charge in [-0.3, -0.25) is 19.7 Å². The van der Waals surface area contributed by atoms with Gasteiger partial charge >= 0.3 is 23.7 Å². The molecule has 0 aromatic heterocycles. The number of hydrogen-bond donors (Lipinski definition) is 2. The molecule has 4 atom stereocenters. The lowest BCUT2D eigenvalue weighted by Crippen LogP contribution is -2.68. The normalized spacial score (nSPS) is 18.3. The van der Waals surface area contributed by atoms with Gasteiger partial charge in [0.05, 0.1) is 22.4 Å². The Kier molecular flexibility index (Phi) is 8.39. The Morgan fingerprint density at radius 2 is 1.75 bits per heavy atom. The molecule has 14 heteroatoms. The molecule has 0 saturated carbocycles. The number of ketones is 1. The fourth-order valence-corrected chi connectivity index (χ4v) is 3.45. The van der Waals surface area contributed by atoms with Crippen LogP contribution in [0.25, 0.3) is 5.53 Å². The highest BCUT2D eigenvalue weighted by atomic mass is 16.6. The van der Waals surface area contributed by atoms with Crippen molar-refractivity contribution < 1.29 is 43.2 Å². The summed E-state index contributed by atoms with van der Waals surface area (Å²) in [7, 11) is 0. The Hall–Kier alpha value is -4.45. The quantitative estimate of drug-likeness (QED) is 0.0761. The van der Waals surface area contributed by atoms with Crippen LogP contribution < -0.4 is 10.6 Å². The molecule has 0 aliphatic carbocycles. The Labute approximate surface area is 205 Å². The molecule has 192 valence electrons. The topological polar surface area (TPSA) is 207 Å². The van der Waals surface area contributed by atoms with Crippen LogP contribution in [-0.4, -0.2) is 62.8 Å². The summed E-state index contributed by atoms with van der Waals surface area (Å²) in [4.78, 5) is 74.2. The Morgan fingerprint density at radius 1 is 1.17 bits per heavy atom. The summed E-state index contributed by atoms with van der Waals surface area (Å²) in [5, 5.41) is 15.7. The lowest BCUT2D eigenvalue weighted by atomic mass is 9.75. The second-order valence-electron chi connectivity index (χ2n) is 9.08. The number of β-lactam (4-membered cyclic amide) rings is 1. The minimum Gasteiger partial charge on any atom is -0.444 e. The highest BCUT2D eigenvalue weighted by Gasteiger charge is 2.51. The van der Waals surface area contributed by atoms with Gasteiger partial charge in [-0.25, -0.2) is 14.4 Å². The SMILES string of the molecule is CC(C(=O)C(=[N+]=[N-])C(=O)OC(=O)c1ccc([N+](=O)[O-])cc1)[C@H]1NC(=O)[C@@H]1C(C)NC(=O)OC(C)(C)C. The van der Waals surface area contributed by atoms with Gasteiger partial charge in [-0.1, -0.05) is 6.92 Å². The zero-order valence-electron chi connectivity index (χ0n) is 20.1. The fourth-order valence-electron chi connectivity index (χ4n) is 3.45. The first-order valence-corrected chi connectivity index (χ1v) is 10.7. The van der Waals surface area contributed by atoms with Gasteiger partial charge in [-0.15, -0.1) is 0 Å². The number of rotatable bonds is 8. The molecule has 1 aromatic rings. The van der Waals surface area contributed by atoms with Crippen molar-refractivity contribution in [1.82, 2.24) is 10.6 Å². The van der Waals surface area contributed by atoms with Crippen molar-refractivity contribution in [3.8, 4) is 0 Å². The van der Waals surface area contributed by atoms with Gasteiger partial charge in [0.2, 0.25) is 5.91 Å². The number of alkyl carbamates (subject to hydrolysis) is 1. The molecule has 1 saturated heterocycles. The second-order valence-corrected chi connectivity index (χ2v) is 9.08. The van der Waals surface area contributed by atoms with Crippen LogP contribution in [0.15, 0.2) is 24.3 Å². The number of nitro benzene ring substituents is 1. The number of carbonyl (C=O) groups excluding carboxylic acids is 5. The van der Waals surface area contributed by atoms with E-state index in [1.807, 2.05) is 0 Å². The summed E-state index contributed by atoms with van der Waals surface area (Å²) in [5.41, 5.74) is 6.86. The van der Waals surface area contributed by atoms with Crippen LogP contribution in [0.1, 0.15) is 45.0 Å². The first-order valence-electron chi connectivity index (χ1n) is 10.7. The zero-order valence-corrected chi connectivity index (χ0v) is 20.1. The van der Waals surface area contributed by atoms with Gasteiger partial charge in [0.15, 0.2) is 0 Å². The number of nitrogens with zero attached hydrogens (tertiary/aromatic N) is 3. The highest BCUT2D eigenvalue weighted by molar-refractivity contribution is 6.63. The maximum atomic E-state index is 12.8. The van der Waals surface area contributed by atoms with Gasteiger partial charge in [0.25, 0.3) is 11.5 Å². The number of hydrogen-bond acceptors (Lipinski definition) is 9. The molecule has 1 fully saturated rings. The standard InChI is InChI=1S/C22H25N5O9/c1-10(15-14(18(29)25-15)11(2)24-21(32)36-22(3,4)5)17(28)16(26-23)20(31)35-19(30)12-6-8-13(9-7-12)27(33)34/h6-11,14-15H,1-5H3,(H,24,32)(H,25,29)/t10?,11?,14-,15-/m1/s1. The number of carbonyl (C=O) groups is 5. The minimum absolute atomic E-state index is 0.222. The third-order valence-corrected chi connectivity index (χ3v) is 5.26. The first kappa shape index (κ1) is 27.8. The number of esters is 2. The third-order valence-electron chi connectivity index (χ3n) is 5.26. The van der Waals surface area contributed by atoms with E-state index in [4.69, 9.17) is 4.74 Å². The van der Waals surface area contributed by atoms with E-state index in [0.717, 1.165) is 24.3 Å². The molecule has 0 radical (unpaired) electrons. The van der Waals surface area contributed by atoms with E-state index >= 15 is 0 Å². The Balaban J connectivity index is 2.07. The van der Waals surface area contributed by atoms with E-state index in [2.05, 4.69) is 20.2 Å². The number of non-ortho nitro benzene ring substituents is 1. The van der Waals surface area contributed by atoms with Crippen molar-refractivity contribution in [1.29, 1.82) is 0 Å². The molecular weight excluding hydrogens is 478 g/mol. The molecule has 2 rings (SSSR count). The molecule has 2 unspecified atom stereocenters. The largest absolute Gasteiger partial charge is 0.444 e. The van der Waals surface area contributed by atoms with Gasteiger partial charge in [0, 0.05) is 24.1 Å².